The van der Waals surface area contributed by atoms with E-state index < -0.39 is 0 Å². The van der Waals surface area contributed by atoms with Crippen molar-refractivity contribution in [2.45, 2.75) is 25.2 Å². The molecule has 2 heteroatoms. The van der Waals surface area contributed by atoms with Gasteiger partial charge in [0.05, 0.1) is 0 Å². The van der Waals surface area contributed by atoms with Crippen molar-refractivity contribution in [2.75, 3.05) is 0 Å². The standard InChI is InChI=1S/C18H16O.H2S/c19-18-7-3-6-14-16-9-8-12-4-1-2-5-13(12)15(16)10-11-17(14)18;/h1-2,4-5,8-11,14,17H,3,6-7H2;1H2. The molecule has 0 saturated heterocycles. The maximum absolute atomic E-state index is 12.1. The van der Waals surface area contributed by atoms with Crippen LogP contribution < -0.4 is 0 Å². The lowest BCUT2D eigenvalue weighted by Crippen LogP contribution is -2.27. The quantitative estimate of drug-likeness (QED) is 0.698. The molecule has 0 heterocycles. The summed E-state index contributed by atoms with van der Waals surface area (Å²) in [7, 11) is 0. The topological polar surface area (TPSA) is 17.1 Å². The van der Waals surface area contributed by atoms with Crippen LogP contribution in [0.3, 0.4) is 0 Å². The molecule has 0 N–H and O–H groups in total. The number of fused-ring (bicyclic) bond motifs is 5. The fourth-order valence-corrected chi connectivity index (χ4v) is 3.68. The second-order valence-corrected chi connectivity index (χ2v) is 5.64. The zero-order valence-electron chi connectivity index (χ0n) is 11.3. The van der Waals surface area contributed by atoms with Gasteiger partial charge in [0, 0.05) is 12.3 Å². The summed E-state index contributed by atoms with van der Waals surface area (Å²) in [5, 5.41) is 2.60. The molecule has 0 amide bonds. The van der Waals surface area contributed by atoms with Crippen LogP contribution in [0.1, 0.15) is 36.3 Å². The molecule has 2 aromatic carbocycles. The Morgan fingerprint density at radius 2 is 1.90 bits per heavy atom. The summed E-state index contributed by atoms with van der Waals surface area (Å²) in [5.74, 6) is 0.958. The van der Waals surface area contributed by atoms with Gasteiger partial charge in [-0.3, -0.25) is 4.79 Å². The third-order valence-corrected chi connectivity index (χ3v) is 4.62. The molecule has 0 aromatic heterocycles. The number of carbonyl (C=O) groups excluding carboxylic acids is 1. The first-order chi connectivity index (χ1) is 9.34. The molecule has 2 aliphatic rings. The van der Waals surface area contributed by atoms with Crippen molar-refractivity contribution in [1.29, 1.82) is 0 Å². The third kappa shape index (κ3) is 1.90. The van der Waals surface area contributed by atoms with Crippen LogP contribution in [0.25, 0.3) is 16.8 Å². The third-order valence-electron chi connectivity index (χ3n) is 4.62. The molecule has 2 aliphatic carbocycles. The average Bonchev–Trinajstić information content (AvgIpc) is 2.47. The molecule has 2 atom stereocenters. The van der Waals surface area contributed by atoms with Gasteiger partial charge in [-0.05, 0) is 40.7 Å². The molecule has 0 aliphatic heterocycles. The predicted molar refractivity (Wildman–Crippen MR) is 88.5 cm³/mol. The van der Waals surface area contributed by atoms with E-state index in [2.05, 4.69) is 48.6 Å². The number of hydrogen-bond acceptors (Lipinski definition) is 1. The number of hydrogen-bond donors (Lipinski definition) is 0. The highest BCUT2D eigenvalue weighted by molar-refractivity contribution is 7.59. The number of rotatable bonds is 0. The van der Waals surface area contributed by atoms with Crippen molar-refractivity contribution in [1.82, 2.24) is 0 Å². The predicted octanol–water partition coefficient (Wildman–Crippen LogP) is 4.43. The summed E-state index contributed by atoms with van der Waals surface area (Å²) in [6, 6.07) is 12.9. The lowest BCUT2D eigenvalue weighted by atomic mass is 9.70. The maximum atomic E-state index is 12.1. The Kier molecular flexibility index (Phi) is 3.43. The van der Waals surface area contributed by atoms with E-state index in [0.717, 1.165) is 19.3 Å². The average molecular weight is 282 g/mol. The van der Waals surface area contributed by atoms with E-state index >= 15 is 0 Å². The Morgan fingerprint density at radius 1 is 1.05 bits per heavy atom. The molecule has 0 radical (unpaired) electrons. The largest absolute Gasteiger partial charge is 0.299 e. The fraction of sp³-hybridized carbons (Fsp3) is 0.278. The van der Waals surface area contributed by atoms with Crippen LogP contribution in [-0.2, 0) is 4.79 Å². The normalized spacial score (nSPS) is 23.9. The minimum atomic E-state index is 0. The summed E-state index contributed by atoms with van der Waals surface area (Å²) in [6.07, 6.45) is 7.25. The van der Waals surface area contributed by atoms with E-state index in [4.69, 9.17) is 0 Å². The number of Topliss-reactive ketones (excluding diaryl/α,β-unsaturated/α-hetero) is 1. The maximum Gasteiger partial charge on any atom is 0.140 e. The summed E-state index contributed by atoms with van der Waals surface area (Å²) < 4.78 is 0. The molecule has 1 saturated carbocycles. The molecule has 20 heavy (non-hydrogen) atoms. The molecule has 4 rings (SSSR count). The molecule has 2 aromatic rings. The number of benzene rings is 2. The van der Waals surface area contributed by atoms with Gasteiger partial charge in [0.2, 0.25) is 0 Å². The Balaban J connectivity index is 0.00000121. The van der Waals surface area contributed by atoms with Gasteiger partial charge in [-0.25, -0.2) is 0 Å². The molecule has 1 fully saturated rings. The molecule has 1 nitrogen and oxygen atoms in total. The minimum absolute atomic E-state index is 0. The first-order valence-electron chi connectivity index (χ1n) is 7.07. The fourth-order valence-electron chi connectivity index (χ4n) is 3.68. The van der Waals surface area contributed by atoms with Crippen LogP contribution in [-0.4, -0.2) is 5.78 Å². The van der Waals surface area contributed by atoms with Crippen molar-refractivity contribution < 1.29 is 4.79 Å². The second-order valence-electron chi connectivity index (χ2n) is 5.64. The van der Waals surface area contributed by atoms with Gasteiger partial charge in [0.15, 0.2) is 0 Å². The highest BCUT2D eigenvalue weighted by Crippen LogP contribution is 2.43. The first kappa shape index (κ1) is 13.4. The van der Waals surface area contributed by atoms with Gasteiger partial charge < -0.3 is 0 Å². The highest BCUT2D eigenvalue weighted by Gasteiger charge is 2.34. The van der Waals surface area contributed by atoms with Crippen LogP contribution in [0, 0.1) is 5.92 Å². The minimum Gasteiger partial charge on any atom is -0.299 e. The van der Waals surface area contributed by atoms with E-state index in [0.29, 0.717) is 11.7 Å². The molecule has 0 bridgehead atoms. The number of ketones is 1. The first-order valence-corrected chi connectivity index (χ1v) is 7.07. The lowest BCUT2D eigenvalue weighted by Gasteiger charge is -2.33. The molecule has 2 unspecified atom stereocenters. The van der Waals surface area contributed by atoms with Crippen LogP contribution in [0.15, 0.2) is 42.5 Å². The monoisotopic (exact) mass is 282 g/mol. The van der Waals surface area contributed by atoms with Crippen LogP contribution in [0.5, 0.6) is 0 Å². The lowest BCUT2D eigenvalue weighted by molar-refractivity contribution is -0.123. The molecular weight excluding hydrogens is 264 g/mol. The zero-order valence-corrected chi connectivity index (χ0v) is 12.3. The van der Waals surface area contributed by atoms with Gasteiger partial charge in [-0.1, -0.05) is 48.6 Å². The Morgan fingerprint density at radius 3 is 2.80 bits per heavy atom. The Bertz CT molecular complexity index is 702. The van der Waals surface area contributed by atoms with Crippen molar-refractivity contribution >= 4 is 36.1 Å². The zero-order chi connectivity index (χ0) is 12.8. The molecular formula is C18H18OS. The van der Waals surface area contributed by atoms with Crippen molar-refractivity contribution in [3.05, 3.63) is 53.6 Å². The van der Waals surface area contributed by atoms with Gasteiger partial charge in [-0.15, -0.1) is 0 Å². The van der Waals surface area contributed by atoms with Gasteiger partial charge in [0.25, 0.3) is 0 Å². The Labute approximate surface area is 126 Å². The Hall–Kier alpha value is -1.54. The SMILES string of the molecule is O=C1CCCC2c3ccc4ccccc4c3C=CC12.S. The van der Waals surface area contributed by atoms with E-state index in [1.54, 1.807) is 0 Å². The van der Waals surface area contributed by atoms with Gasteiger partial charge in [0.1, 0.15) is 5.78 Å². The highest BCUT2D eigenvalue weighted by atomic mass is 32.1. The smallest absolute Gasteiger partial charge is 0.140 e. The number of carbonyl (C=O) groups is 1. The summed E-state index contributed by atoms with van der Waals surface area (Å²) >= 11 is 0. The second kappa shape index (κ2) is 5.10. The van der Waals surface area contributed by atoms with Crippen LogP contribution in [0.4, 0.5) is 0 Å². The summed E-state index contributed by atoms with van der Waals surface area (Å²) in [4.78, 5) is 12.1. The van der Waals surface area contributed by atoms with Crippen LogP contribution in [0.2, 0.25) is 0 Å². The summed E-state index contributed by atoms with van der Waals surface area (Å²) in [6.45, 7) is 0. The van der Waals surface area contributed by atoms with E-state index in [9.17, 15) is 4.79 Å². The van der Waals surface area contributed by atoms with Crippen molar-refractivity contribution in [3.63, 3.8) is 0 Å². The van der Waals surface area contributed by atoms with E-state index in [1.807, 2.05) is 0 Å². The summed E-state index contributed by atoms with van der Waals surface area (Å²) in [5.41, 5.74) is 2.70. The van der Waals surface area contributed by atoms with Gasteiger partial charge in [-0.2, -0.15) is 13.5 Å². The van der Waals surface area contributed by atoms with Crippen LogP contribution >= 0.6 is 13.5 Å². The van der Waals surface area contributed by atoms with E-state index in [-0.39, 0.29) is 19.4 Å². The molecule has 102 valence electrons. The number of allylic oxidation sites excluding steroid dienone is 1. The van der Waals surface area contributed by atoms with Gasteiger partial charge >= 0.3 is 0 Å². The van der Waals surface area contributed by atoms with Crippen molar-refractivity contribution in [2.24, 2.45) is 5.92 Å². The van der Waals surface area contributed by atoms with Crippen molar-refractivity contribution in [3.8, 4) is 0 Å². The molecule has 0 spiro atoms. The van der Waals surface area contributed by atoms with E-state index in [1.165, 1.54) is 21.9 Å².